The van der Waals surface area contributed by atoms with E-state index in [-0.39, 0.29) is 12.3 Å². The third-order valence-electron chi connectivity index (χ3n) is 2.71. The SMILES string of the molecule is C#CCC(N)C(=O)NCCc1nnc2ccccn12. The Morgan fingerprint density at radius 3 is 3.16 bits per heavy atom. The van der Waals surface area contributed by atoms with Crippen molar-refractivity contribution in [3.8, 4) is 12.3 Å². The highest BCUT2D eigenvalue weighted by molar-refractivity contribution is 5.81. The highest BCUT2D eigenvalue weighted by Crippen LogP contribution is 2.02. The minimum Gasteiger partial charge on any atom is -0.354 e. The van der Waals surface area contributed by atoms with Crippen LogP contribution in [-0.2, 0) is 11.2 Å². The Hall–Kier alpha value is -2.39. The number of fused-ring (bicyclic) bond motifs is 1. The number of nitrogens with two attached hydrogens (primary N) is 1. The Labute approximate surface area is 111 Å². The van der Waals surface area contributed by atoms with Gasteiger partial charge in [0.05, 0.1) is 6.04 Å². The Balaban J connectivity index is 1.90. The van der Waals surface area contributed by atoms with Crippen LogP contribution in [0.5, 0.6) is 0 Å². The molecule has 98 valence electrons. The van der Waals surface area contributed by atoms with E-state index in [0.29, 0.717) is 13.0 Å². The lowest BCUT2D eigenvalue weighted by atomic mass is 10.2. The Kier molecular flexibility index (Phi) is 4.11. The predicted octanol–water partition coefficient (Wildman–Crippen LogP) is -0.261. The molecule has 0 aliphatic heterocycles. The molecule has 19 heavy (non-hydrogen) atoms. The van der Waals surface area contributed by atoms with Crippen molar-refractivity contribution in [1.82, 2.24) is 19.9 Å². The van der Waals surface area contributed by atoms with Crippen LogP contribution in [0.25, 0.3) is 5.65 Å². The van der Waals surface area contributed by atoms with E-state index in [1.54, 1.807) is 0 Å². The monoisotopic (exact) mass is 257 g/mol. The maximum absolute atomic E-state index is 11.6. The Morgan fingerprint density at radius 1 is 1.53 bits per heavy atom. The van der Waals surface area contributed by atoms with Gasteiger partial charge in [0.2, 0.25) is 5.91 Å². The average molecular weight is 257 g/mol. The summed E-state index contributed by atoms with van der Waals surface area (Å²) in [5.41, 5.74) is 6.38. The zero-order valence-corrected chi connectivity index (χ0v) is 10.4. The fourth-order valence-corrected chi connectivity index (χ4v) is 1.71. The summed E-state index contributed by atoms with van der Waals surface area (Å²) in [6.45, 7) is 0.451. The van der Waals surface area contributed by atoms with Crippen molar-refractivity contribution in [2.45, 2.75) is 18.9 Å². The van der Waals surface area contributed by atoms with Gasteiger partial charge in [0.1, 0.15) is 5.82 Å². The first kappa shape index (κ1) is 13.1. The van der Waals surface area contributed by atoms with E-state index < -0.39 is 6.04 Å². The summed E-state index contributed by atoms with van der Waals surface area (Å²) in [7, 11) is 0. The molecule has 0 radical (unpaired) electrons. The van der Waals surface area contributed by atoms with Crippen LogP contribution in [0.1, 0.15) is 12.2 Å². The second-order valence-corrected chi connectivity index (χ2v) is 4.10. The van der Waals surface area contributed by atoms with Crippen LogP contribution in [0, 0.1) is 12.3 Å². The molecule has 0 bridgehead atoms. The van der Waals surface area contributed by atoms with Gasteiger partial charge in [-0.05, 0) is 12.1 Å². The number of pyridine rings is 1. The molecule has 0 fully saturated rings. The van der Waals surface area contributed by atoms with Gasteiger partial charge in [-0.25, -0.2) is 0 Å². The number of carbonyl (C=O) groups is 1. The van der Waals surface area contributed by atoms with E-state index in [9.17, 15) is 4.79 Å². The first-order valence-electron chi connectivity index (χ1n) is 5.98. The molecule has 2 aromatic rings. The van der Waals surface area contributed by atoms with Crippen LogP contribution in [0.4, 0.5) is 0 Å². The molecular weight excluding hydrogens is 242 g/mol. The number of terminal acetylenes is 1. The van der Waals surface area contributed by atoms with E-state index in [0.717, 1.165) is 11.5 Å². The zero-order chi connectivity index (χ0) is 13.7. The third-order valence-corrected chi connectivity index (χ3v) is 2.71. The van der Waals surface area contributed by atoms with Crippen molar-refractivity contribution >= 4 is 11.6 Å². The van der Waals surface area contributed by atoms with Crippen LogP contribution in [0.15, 0.2) is 24.4 Å². The highest BCUT2D eigenvalue weighted by atomic mass is 16.2. The van der Waals surface area contributed by atoms with Crippen LogP contribution in [0.2, 0.25) is 0 Å². The first-order valence-corrected chi connectivity index (χ1v) is 5.98. The molecule has 2 rings (SSSR count). The van der Waals surface area contributed by atoms with Gasteiger partial charge >= 0.3 is 0 Å². The van der Waals surface area contributed by atoms with E-state index in [2.05, 4.69) is 21.4 Å². The molecule has 0 spiro atoms. The Morgan fingerprint density at radius 2 is 2.37 bits per heavy atom. The number of carbonyl (C=O) groups excluding carboxylic acids is 1. The Bertz CT molecular complexity index is 613. The second-order valence-electron chi connectivity index (χ2n) is 4.10. The van der Waals surface area contributed by atoms with Gasteiger partial charge in [0, 0.05) is 25.6 Å². The van der Waals surface area contributed by atoms with E-state index in [1.165, 1.54) is 0 Å². The summed E-state index contributed by atoms with van der Waals surface area (Å²) < 4.78 is 1.88. The molecular formula is C13H15N5O. The molecule has 0 saturated carbocycles. The van der Waals surface area contributed by atoms with Gasteiger partial charge in [-0.1, -0.05) is 6.07 Å². The van der Waals surface area contributed by atoms with Crippen LogP contribution in [0.3, 0.4) is 0 Å². The van der Waals surface area contributed by atoms with Crippen LogP contribution in [-0.4, -0.2) is 33.1 Å². The van der Waals surface area contributed by atoms with Gasteiger partial charge in [-0.3, -0.25) is 9.20 Å². The number of hydrogen-bond acceptors (Lipinski definition) is 4. The molecule has 1 atom stereocenters. The smallest absolute Gasteiger partial charge is 0.237 e. The molecule has 0 aromatic carbocycles. The van der Waals surface area contributed by atoms with Crippen molar-refractivity contribution in [1.29, 1.82) is 0 Å². The minimum atomic E-state index is -0.653. The number of hydrogen-bond donors (Lipinski definition) is 2. The van der Waals surface area contributed by atoms with E-state index >= 15 is 0 Å². The van der Waals surface area contributed by atoms with Crippen LogP contribution >= 0.6 is 0 Å². The second kappa shape index (κ2) is 5.98. The highest BCUT2D eigenvalue weighted by Gasteiger charge is 2.11. The number of amides is 1. The lowest BCUT2D eigenvalue weighted by Crippen LogP contribution is -2.41. The van der Waals surface area contributed by atoms with Gasteiger partial charge < -0.3 is 11.1 Å². The number of rotatable bonds is 5. The summed E-state index contributed by atoms with van der Waals surface area (Å²) in [6.07, 6.45) is 7.81. The topological polar surface area (TPSA) is 85.3 Å². The largest absolute Gasteiger partial charge is 0.354 e. The van der Waals surface area contributed by atoms with Crippen molar-refractivity contribution in [3.63, 3.8) is 0 Å². The maximum atomic E-state index is 11.6. The van der Waals surface area contributed by atoms with Gasteiger partial charge in [-0.2, -0.15) is 0 Å². The summed E-state index contributed by atoms with van der Waals surface area (Å²) in [5, 5.41) is 10.8. The van der Waals surface area contributed by atoms with Crippen molar-refractivity contribution < 1.29 is 4.79 Å². The van der Waals surface area contributed by atoms with Gasteiger partial charge in [0.15, 0.2) is 5.65 Å². The lowest BCUT2D eigenvalue weighted by molar-refractivity contribution is -0.122. The van der Waals surface area contributed by atoms with Gasteiger partial charge in [-0.15, -0.1) is 22.5 Å². The maximum Gasteiger partial charge on any atom is 0.237 e. The fourth-order valence-electron chi connectivity index (χ4n) is 1.71. The zero-order valence-electron chi connectivity index (χ0n) is 10.4. The molecule has 3 N–H and O–H groups in total. The number of nitrogens with one attached hydrogen (secondary N) is 1. The normalized spacial score (nSPS) is 12.0. The van der Waals surface area contributed by atoms with Crippen molar-refractivity contribution in [3.05, 3.63) is 30.2 Å². The fraction of sp³-hybridized carbons (Fsp3) is 0.308. The summed E-state index contributed by atoms with van der Waals surface area (Å²) in [4.78, 5) is 11.6. The van der Waals surface area contributed by atoms with Gasteiger partial charge in [0.25, 0.3) is 0 Å². The van der Waals surface area contributed by atoms with E-state index in [1.807, 2.05) is 28.8 Å². The first-order chi connectivity index (χ1) is 9.22. The molecule has 6 nitrogen and oxygen atoms in total. The molecule has 2 aromatic heterocycles. The van der Waals surface area contributed by atoms with Crippen LogP contribution < -0.4 is 11.1 Å². The quantitative estimate of drug-likeness (QED) is 0.723. The summed E-state index contributed by atoms with van der Waals surface area (Å²) >= 11 is 0. The molecule has 1 amide bonds. The number of aromatic nitrogens is 3. The molecule has 0 aliphatic rings. The van der Waals surface area contributed by atoms with E-state index in [4.69, 9.17) is 12.2 Å². The third kappa shape index (κ3) is 3.09. The summed E-state index contributed by atoms with van der Waals surface area (Å²) in [5.74, 6) is 2.91. The van der Waals surface area contributed by atoms with Crippen molar-refractivity contribution in [2.24, 2.45) is 5.73 Å². The standard InChI is InChI=1S/C13H15N5O/c1-2-5-10(14)13(19)15-8-7-12-17-16-11-6-3-4-9-18(11)12/h1,3-4,6,9-10H,5,7-8,14H2,(H,15,19). The number of nitrogens with zero attached hydrogens (tertiary/aromatic N) is 3. The minimum absolute atomic E-state index is 0.236. The molecule has 0 saturated heterocycles. The summed E-state index contributed by atoms with van der Waals surface area (Å²) in [6, 6.07) is 5.02. The van der Waals surface area contributed by atoms with Crippen molar-refractivity contribution in [2.75, 3.05) is 6.54 Å². The molecule has 6 heteroatoms. The average Bonchev–Trinajstić information content (AvgIpc) is 2.82. The lowest BCUT2D eigenvalue weighted by Gasteiger charge is -2.08. The molecule has 0 aliphatic carbocycles. The molecule has 2 heterocycles. The predicted molar refractivity (Wildman–Crippen MR) is 71.1 cm³/mol. The molecule has 1 unspecified atom stereocenters.